The summed E-state index contributed by atoms with van der Waals surface area (Å²) in [7, 11) is 0. The molecule has 1 saturated carbocycles. The van der Waals surface area contributed by atoms with E-state index in [2.05, 4.69) is 37.9 Å². The topological polar surface area (TPSA) is 58.4 Å². The van der Waals surface area contributed by atoms with Crippen LogP contribution in [-0.2, 0) is 4.79 Å². The first kappa shape index (κ1) is 17.4. The minimum absolute atomic E-state index is 0.174. The molecular formula is C16H33N3O. The number of primary amides is 1. The number of unbranched alkanes of at least 4 members (excludes halogenated alkanes) is 1. The van der Waals surface area contributed by atoms with E-state index < -0.39 is 5.54 Å². The number of rotatable bonds is 11. The fraction of sp³-hybridized carbons (Fsp3) is 0.938. The van der Waals surface area contributed by atoms with Crippen LogP contribution in [-0.4, -0.2) is 42.0 Å². The van der Waals surface area contributed by atoms with Gasteiger partial charge in [-0.3, -0.25) is 9.69 Å². The zero-order valence-corrected chi connectivity index (χ0v) is 13.7. The van der Waals surface area contributed by atoms with E-state index in [1.807, 2.05) is 0 Å². The van der Waals surface area contributed by atoms with Gasteiger partial charge in [0.15, 0.2) is 0 Å². The quantitative estimate of drug-likeness (QED) is 0.611. The van der Waals surface area contributed by atoms with Crippen molar-refractivity contribution in [3.8, 4) is 0 Å². The average Bonchev–Trinajstić information content (AvgIpc) is 3.25. The van der Waals surface area contributed by atoms with E-state index in [4.69, 9.17) is 5.73 Å². The standard InChI is InChI=1S/C16H33N3O/c1-5-8-11-19(13(4)6-2)12-16(15(17)20,18-7-3)14-9-10-14/h13-14,18H,5-12H2,1-4H3,(H2,17,20). The SMILES string of the molecule is CCCCN(CC(NCC)(C(N)=O)C1CC1)C(C)CC. The number of hydrogen-bond donors (Lipinski definition) is 2. The van der Waals surface area contributed by atoms with Gasteiger partial charge in [-0.05, 0) is 51.6 Å². The number of nitrogens with zero attached hydrogens (tertiary/aromatic N) is 1. The number of carbonyl (C=O) groups excluding carboxylic acids is 1. The molecule has 20 heavy (non-hydrogen) atoms. The Hall–Kier alpha value is -0.610. The van der Waals surface area contributed by atoms with Crippen molar-refractivity contribution < 1.29 is 4.79 Å². The number of carbonyl (C=O) groups is 1. The summed E-state index contributed by atoms with van der Waals surface area (Å²) in [6.07, 6.45) is 5.71. The molecule has 0 saturated heterocycles. The van der Waals surface area contributed by atoms with Crippen LogP contribution in [0.25, 0.3) is 0 Å². The molecule has 2 unspecified atom stereocenters. The zero-order chi connectivity index (χ0) is 15.2. The van der Waals surface area contributed by atoms with Gasteiger partial charge in [-0.25, -0.2) is 0 Å². The van der Waals surface area contributed by atoms with Crippen molar-refractivity contribution in [2.24, 2.45) is 11.7 Å². The maximum absolute atomic E-state index is 12.1. The van der Waals surface area contributed by atoms with E-state index in [9.17, 15) is 4.79 Å². The average molecular weight is 283 g/mol. The van der Waals surface area contributed by atoms with Crippen LogP contribution >= 0.6 is 0 Å². The van der Waals surface area contributed by atoms with Crippen LogP contribution in [0.1, 0.15) is 59.8 Å². The van der Waals surface area contributed by atoms with Crippen LogP contribution in [0.2, 0.25) is 0 Å². The van der Waals surface area contributed by atoms with Crippen LogP contribution in [0.15, 0.2) is 0 Å². The highest BCUT2D eigenvalue weighted by atomic mass is 16.1. The highest BCUT2D eigenvalue weighted by molar-refractivity contribution is 5.86. The Bertz CT molecular complexity index is 304. The van der Waals surface area contributed by atoms with Crippen molar-refractivity contribution in [2.75, 3.05) is 19.6 Å². The first-order valence-corrected chi connectivity index (χ1v) is 8.30. The molecule has 1 amide bonds. The Morgan fingerprint density at radius 3 is 2.45 bits per heavy atom. The minimum atomic E-state index is -0.522. The fourth-order valence-corrected chi connectivity index (χ4v) is 2.98. The van der Waals surface area contributed by atoms with Gasteiger partial charge in [0.1, 0.15) is 5.54 Å². The van der Waals surface area contributed by atoms with Gasteiger partial charge in [-0.1, -0.05) is 27.2 Å². The van der Waals surface area contributed by atoms with Crippen molar-refractivity contribution in [2.45, 2.75) is 71.4 Å². The number of likely N-dealkylation sites (N-methyl/N-ethyl adjacent to an activating group) is 1. The summed E-state index contributed by atoms with van der Waals surface area (Å²) in [6, 6.07) is 0.498. The molecule has 2 atom stereocenters. The highest BCUT2D eigenvalue weighted by Gasteiger charge is 2.50. The molecule has 0 aromatic heterocycles. The predicted octanol–water partition coefficient (Wildman–Crippen LogP) is 2.13. The molecule has 4 heteroatoms. The third-order valence-corrected chi connectivity index (χ3v) is 4.67. The second-order valence-corrected chi connectivity index (χ2v) is 6.22. The van der Waals surface area contributed by atoms with E-state index in [1.54, 1.807) is 0 Å². The lowest BCUT2D eigenvalue weighted by molar-refractivity contribution is -0.126. The molecule has 0 aromatic carbocycles. The smallest absolute Gasteiger partial charge is 0.239 e. The molecule has 0 aliphatic heterocycles. The van der Waals surface area contributed by atoms with Crippen molar-refractivity contribution in [3.63, 3.8) is 0 Å². The van der Waals surface area contributed by atoms with Crippen molar-refractivity contribution in [1.29, 1.82) is 0 Å². The molecule has 1 aliphatic carbocycles. The number of hydrogen-bond acceptors (Lipinski definition) is 3. The minimum Gasteiger partial charge on any atom is -0.368 e. The maximum atomic E-state index is 12.1. The molecular weight excluding hydrogens is 250 g/mol. The first-order valence-electron chi connectivity index (χ1n) is 8.30. The molecule has 0 bridgehead atoms. The third kappa shape index (κ3) is 4.19. The van der Waals surface area contributed by atoms with Gasteiger partial charge < -0.3 is 11.1 Å². The lowest BCUT2D eigenvalue weighted by Gasteiger charge is -2.39. The van der Waals surface area contributed by atoms with Crippen molar-refractivity contribution in [1.82, 2.24) is 10.2 Å². The Morgan fingerprint density at radius 1 is 1.40 bits per heavy atom. The number of amides is 1. The maximum Gasteiger partial charge on any atom is 0.239 e. The molecule has 1 fully saturated rings. The lowest BCUT2D eigenvalue weighted by atomic mass is 9.90. The molecule has 0 aromatic rings. The van der Waals surface area contributed by atoms with Crippen LogP contribution in [0.4, 0.5) is 0 Å². The molecule has 0 radical (unpaired) electrons. The molecule has 1 aliphatic rings. The van der Waals surface area contributed by atoms with E-state index >= 15 is 0 Å². The highest BCUT2D eigenvalue weighted by Crippen LogP contribution is 2.40. The normalized spacial score (nSPS) is 19.9. The summed E-state index contributed by atoms with van der Waals surface area (Å²) >= 11 is 0. The number of nitrogens with two attached hydrogens (primary N) is 1. The lowest BCUT2D eigenvalue weighted by Crippen LogP contribution is -2.64. The number of nitrogens with one attached hydrogen (secondary N) is 1. The molecule has 1 rings (SSSR count). The van der Waals surface area contributed by atoms with Crippen LogP contribution in [0.5, 0.6) is 0 Å². The van der Waals surface area contributed by atoms with Gasteiger partial charge >= 0.3 is 0 Å². The van der Waals surface area contributed by atoms with Crippen molar-refractivity contribution in [3.05, 3.63) is 0 Å². The van der Waals surface area contributed by atoms with Crippen molar-refractivity contribution >= 4 is 5.91 Å². The summed E-state index contributed by atoms with van der Waals surface area (Å²) in [5.41, 5.74) is 5.27. The second kappa shape index (κ2) is 7.99. The summed E-state index contributed by atoms with van der Waals surface area (Å²) in [6.45, 7) is 11.3. The largest absolute Gasteiger partial charge is 0.368 e. The van der Waals surface area contributed by atoms with E-state index in [-0.39, 0.29) is 5.91 Å². The van der Waals surface area contributed by atoms with Gasteiger partial charge in [-0.2, -0.15) is 0 Å². The fourth-order valence-electron chi connectivity index (χ4n) is 2.98. The van der Waals surface area contributed by atoms with Gasteiger partial charge in [0.2, 0.25) is 5.91 Å². The Balaban J connectivity index is 2.85. The van der Waals surface area contributed by atoms with Gasteiger partial charge in [-0.15, -0.1) is 0 Å². The molecule has 0 heterocycles. The Kier molecular flexibility index (Phi) is 6.96. The summed E-state index contributed by atoms with van der Waals surface area (Å²) < 4.78 is 0. The van der Waals surface area contributed by atoms with Gasteiger partial charge in [0.25, 0.3) is 0 Å². The molecule has 0 spiro atoms. The van der Waals surface area contributed by atoms with Gasteiger partial charge in [0, 0.05) is 12.6 Å². The summed E-state index contributed by atoms with van der Waals surface area (Å²) in [5.74, 6) is 0.250. The molecule has 4 nitrogen and oxygen atoms in total. The molecule has 118 valence electrons. The summed E-state index contributed by atoms with van der Waals surface area (Å²) in [4.78, 5) is 14.6. The monoisotopic (exact) mass is 283 g/mol. The Labute approximate surface area is 124 Å². The van der Waals surface area contributed by atoms with E-state index in [0.717, 1.165) is 38.9 Å². The summed E-state index contributed by atoms with van der Waals surface area (Å²) in [5, 5.41) is 3.43. The van der Waals surface area contributed by atoms with E-state index in [0.29, 0.717) is 12.0 Å². The van der Waals surface area contributed by atoms with Crippen LogP contribution in [0, 0.1) is 5.92 Å². The second-order valence-electron chi connectivity index (χ2n) is 6.22. The molecule has 3 N–H and O–H groups in total. The van der Waals surface area contributed by atoms with Crippen LogP contribution < -0.4 is 11.1 Å². The first-order chi connectivity index (χ1) is 9.51. The van der Waals surface area contributed by atoms with E-state index in [1.165, 1.54) is 12.8 Å². The Morgan fingerprint density at radius 2 is 2.05 bits per heavy atom. The third-order valence-electron chi connectivity index (χ3n) is 4.67. The predicted molar refractivity (Wildman–Crippen MR) is 84.6 cm³/mol. The van der Waals surface area contributed by atoms with Crippen LogP contribution in [0.3, 0.4) is 0 Å². The van der Waals surface area contributed by atoms with Gasteiger partial charge in [0.05, 0.1) is 0 Å². The zero-order valence-electron chi connectivity index (χ0n) is 13.7.